The number of methoxy groups -OCH3 is 1. The van der Waals surface area contributed by atoms with Crippen molar-refractivity contribution >= 4 is 12.1 Å². The van der Waals surface area contributed by atoms with Crippen molar-refractivity contribution in [2.24, 2.45) is 5.10 Å². The van der Waals surface area contributed by atoms with Crippen LogP contribution in [-0.2, 0) is 4.79 Å². The summed E-state index contributed by atoms with van der Waals surface area (Å²) in [5, 5.41) is 13.7. The van der Waals surface area contributed by atoms with E-state index in [1.54, 1.807) is 24.3 Å². The van der Waals surface area contributed by atoms with Crippen LogP contribution >= 0.6 is 0 Å². The molecule has 6 nitrogen and oxygen atoms in total. The van der Waals surface area contributed by atoms with Crippen LogP contribution in [-0.4, -0.2) is 30.9 Å². The van der Waals surface area contributed by atoms with Crippen LogP contribution in [0.1, 0.15) is 11.1 Å². The Morgan fingerprint density at radius 2 is 1.96 bits per heavy atom. The topological polar surface area (TPSA) is 80.2 Å². The second-order valence-electron chi connectivity index (χ2n) is 4.75. The van der Waals surface area contributed by atoms with E-state index in [0.29, 0.717) is 17.1 Å². The van der Waals surface area contributed by atoms with Crippen LogP contribution in [0.5, 0.6) is 17.2 Å². The van der Waals surface area contributed by atoms with Gasteiger partial charge in [0.1, 0.15) is 5.75 Å². The molecule has 2 aromatic carbocycles. The zero-order valence-corrected chi connectivity index (χ0v) is 12.9. The minimum absolute atomic E-state index is 0.0378. The lowest BCUT2D eigenvalue weighted by Gasteiger charge is -2.07. The average molecular weight is 314 g/mol. The van der Waals surface area contributed by atoms with Gasteiger partial charge >= 0.3 is 0 Å². The van der Waals surface area contributed by atoms with Crippen LogP contribution in [0, 0.1) is 6.92 Å². The van der Waals surface area contributed by atoms with Gasteiger partial charge in [-0.1, -0.05) is 24.3 Å². The summed E-state index contributed by atoms with van der Waals surface area (Å²) in [6.07, 6.45) is 1.34. The fourth-order valence-corrected chi connectivity index (χ4v) is 1.88. The summed E-state index contributed by atoms with van der Waals surface area (Å²) in [4.78, 5) is 11.7. The lowest BCUT2D eigenvalue weighted by atomic mass is 10.2. The highest BCUT2D eigenvalue weighted by molar-refractivity contribution is 5.86. The van der Waals surface area contributed by atoms with E-state index in [-0.39, 0.29) is 12.4 Å². The first kappa shape index (κ1) is 16.4. The standard InChI is InChI=1S/C17H18N2O4/c1-12-6-3-4-8-14(12)23-11-16(20)19-18-10-13-7-5-9-15(22-2)17(13)21/h3-10,21H,11H2,1-2H3,(H,19,20)/b18-10-. The quantitative estimate of drug-likeness (QED) is 0.633. The number of ether oxygens (including phenoxy) is 2. The van der Waals surface area contributed by atoms with Crippen molar-refractivity contribution in [1.82, 2.24) is 5.43 Å². The van der Waals surface area contributed by atoms with E-state index in [0.717, 1.165) is 5.56 Å². The molecule has 0 heterocycles. The van der Waals surface area contributed by atoms with Gasteiger partial charge in [0.15, 0.2) is 18.1 Å². The third kappa shape index (κ3) is 4.47. The molecule has 0 radical (unpaired) electrons. The molecule has 0 unspecified atom stereocenters. The smallest absolute Gasteiger partial charge is 0.277 e. The highest BCUT2D eigenvalue weighted by Gasteiger charge is 2.06. The second kappa shape index (κ2) is 7.84. The Labute approximate surface area is 134 Å². The molecule has 0 saturated heterocycles. The first-order valence-electron chi connectivity index (χ1n) is 6.98. The van der Waals surface area contributed by atoms with Gasteiger partial charge in [-0.25, -0.2) is 5.43 Å². The number of hydrazone groups is 1. The largest absolute Gasteiger partial charge is 0.504 e. The van der Waals surface area contributed by atoms with Gasteiger partial charge < -0.3 is 14.6 Å². The molecule has 2 aromatic rings. The number of benzene rings is 2. The lowest BCUT2D eigenvalue weighted by Crippen LogP contribution is -2.24. The molecule has 120 valence electrons. The number of phenolic OH excluding ortho intramolecular Hbond substituents is 1. The normalized spacial score (nSPS) is 10.5. The summed E-state index contributed by atoms with van der Waals surface area (Å²) < 4.78 is 10.4. The third-order valence-electron chi connectivity index (χ3n) is 3.10. The number of hydrogen-bond donors (Lipinski definition) is 2. The van der Waals surface area contributed by atoms with Crippen LogP contribution in [0.3, 0.4) is 0 Å². The number of hydrogen-bond acceptors (Lipinski definition) is 5. The molecule has 1 amide bonds. The van der Waals surface area contributed by atoms with Crippen LogP contribution < -0.4 is 14.9 Å². The average Bonchev–Trinajstić information content (AvgIpc) is 2.55. The Morgan fingerprint density at radius 3 is 2.70 bits per heavy atom. The molecule has 0 fully saturated rings. The van der Waals surface area contributed by atoms with E-state index in [1.165, 1.54) is 13.3 Å². The number of aryl methyl sites for hydroxylation is 1. The van der Waals surface area contributed by atoms with Gasteiger partial charge in [-0.2, -0.15) is 5.10 Å². The molecule has 23 heavy (non-hydrogen) atoms. The van der Waals surface area contributed by atoms with E-state index < -0.39 is 5.91 Å². The third-order valence-corrected chi connectivity index (χ3v) is 3.10. The van der Waals surface area contributed by atoms with Crippen LogP contribution in [0.25, 0.3) is 0 Å². The number of para-hydroxylation sites is 2. The molecule has 0 aliphatic rings. The van der Waals surface area contributed by atoms with Crippen LogP contribution in [0.4, 0.5) is 0 Å². The predicted octanol–water partition coefficient (Wildman–Crippen LogP) is 2.24. The van der Waals surface area contributed by atoms with Gasteiger partial charge in [-0.05, 0) is 30.7 Å². The molecule has 0 aromatic heterocycles. The maximum atomic E-state index is 11.7. The summed E-state index contributed by atoms with van der Waals surface area (Å²) in [6.45, 7) is 1.75. The Hall–Kier alpha value is -3.02. The number of rotatable bonds is 6. The Kier molecular flexibility index (Phi) is 5.57. The number of phenols is 1. The fraction of sp³-hybridized carbons (Fsp3) is 0.176. The summed E-state index contributed by atoms with van der Waals surface area (Å²) in [7, 11) is 1.46. The number of nitrogens with one attached hydrogen (secondary N) is 1. The maximum absolute atomic E-state index is 11.7. The van der Waals surface area contributed by atoms with Crippen molar-refractivity contribution in [2.45, 2.75) is 6.92 Å². The van der Waals surface area contributed by atoms with Crippen molar-refractivity contribution in [3.8, 4) is 17.2 Å². The number of carbonyl (C=O) groups is 1. The van der Waals surface area contributed by atoms with Crippen molar-refractivity contribution in [3.05, 3.63) is 53.6 Å². The lowest BCUT2D eigenvalue weighted by molar-refractivity contribution is -0.123. The minimum Gasteiger partial charge on any atom is -0.504 e. The van der Waals surface area contributed by atoms with Gasteiger partial charge in [0.2, 0.25) is 0 Å². The first-order valence-corrected chi connectivity index (χ1v) is 6.98. The highest BCUT2D eigenvalue weighted by Crippen LogP contribution is 2.27. The monoisotopic (exact) mass is 314 g/mol. The van der Waals surface area contributed by atoms with Crippen molar-refractivity contribution in [1.29, 1.82) is 0 Å². The summed E-state index contributed by atoms with van der Waals surface area (Å²) >= 11 is 0. The number of carbonyl (C=O) groups excluding carboxylic acids is 1. The molecule has 0 aliphatic heterocycles. The van der Waals surface area contributed by atoms with Crippen molar-refractivity contribution < 1.29 is 19.4 Å². The van der Waals surface area contributed by atoms with Gasteiger partial charge in [-0.3, -0.25) is 4.79 Å². The second-order valence-corrected chi connectivity index (χ2v) is 4.75. The van der Waals surface area contributed by atoms with E-state index in [9.17, 15) is 9.90 Å². The summed E-state index contributed by atoms with van der Waals surface area (Å²) in [5.74, 6) is 0.552. The molecule has 0 aliphatic carbocycles. The molecular formula is C17H18N2O4. The molecule has 6 heteroatoms. The minimum atomic E-state index is -0.396. The first-order chi connectivity index (χ1) is 11.1. The van der Waals surface area contributed by atoms with Gasteiger partial charge in [-0.15, -0.1) is 0 Å². The number of aromatic hydroxyl groups is 1. The Morgan fingerprint density at radius 1 is 1.22 bits per heavy atom. The van der Waals surface area contributed by atoms with Gasteiger partial charge in [0.05, 0.1) is 13.3 Å². The molecule has 0 spiro atoms. The molecule has 0 bridgehead atoms. The van der Waals surface area contributed by atoms with E-state index in [1.807, 2.05) is 25.1 Å². The zero-order chi connectivity index (χ0) is 16.7. The SMILES string of the molecule is COc1cccc(/C=N\NC(=O)COc2ccccc2C)c1O. The zero-order valence-electron chi connectivity index (χ0n) is 12.9. The van der Waals surface area contributed by atoms with E-state index in [2.05, 4.69) is 10.5 Å². The molecular weight excluding hydrogens is 296 g/mol. The van der Waals surface area contributed by atoms with E-state index >= 15 is 0 Å². The molecule has 0 atom stereocenters. The Balaban J connectivity index is 1.88. The summed E-state index contributed by atoms with van der Waals surface area (Å²) in [5.41, 5.74) is 3.72. The van der Waals surface area contributed by atoms with Crippen LogP contribution in [0.15, 0.2) is 47.6 Å². The van der Waals surface area contributed by atoms with Gasteiger partial charge in [0, 0.05) is 5.56 Å². The molecule has 0 saturated carbocycles. The molecule has 2 N–H and O–H groups in total. The van der Waals surface area contributed by atoms with Crippen molar-refractivity contribution in [2.75, 3.05) is 13.7 Å². The van der Waals surface area contributed by atoms with E-state index in [4.69, 9.17) is 9.47 Å². The van der Waals surface area contributed by atoms with Crippen LogP contribution in [0.2, 0.25) is 0 Å². The predicted molar refractivity (Wildman–Crippen MR) is 87.1 cm³/mol. The number of nitrogens with zero attached hydrogens (tertiary/aromatic N) is 1. The Bertz CT molecular complexity index is 713. The summed E-state index contributed by atoms with van der Waals surface area (Å²) in [6, 6.07) is 12.4. The highest BCUT2D eigenvalue weighted by atomic mass is 16.5. The van der Waals surface area contributed by atoms with Crippen molar-refractivity contribution in [3.63, 3.8) is 0 Å². The maximum Gasteiger partial charge on any atom is 0.277 e. The molecule has 2 rings (SSSR count). The fourth-order valence-electron chi connectivity index (χ4n) is 1.88. The number of amides is 1. The van der Waals surface area contributed by atoms with Gasteiger partial charge in [0.25, 0.3) is 5.91 Å².